The molecule has 0 fully saturated rings. The summed E-state index contributed by atoms with van der Waals surface area (Å²) in [5, 5.41) is 3.01. The molecule has 0 aliphatic heterocycles. The molecule has 0 unspecified atom stereocenters. The Morgan fingerprint density at radius 3 is 2.09 bits per heavy atom. The van der Waals surface area contributed by atoms with Crippen LogP contribution in [0.2, 0.25) is 0 Å². The van der Waals surface area contributed by atoms with Gasteiger partial charge in [0.1, 0.15) is 18.4 Å². The molecule has 0 spiro atoms. The highest BCUT2D eigenvalue weighted by Gasteiger charge is 2.35. The number of amides is 2. The fourth-order valence-electron chi connectivity index (χ4n) is 4.81. The zero-order valence-corrected chi connectivity index (χ0v) is 28.1. The second-order valence-electron chi connectivity index (χ2n) is 11.9. The van der Waals surface area contributed by atoms with E-state index in [4.69, 9.17) is 0 Å². The third-order valence-electron chi connectivity index (χ3n) is 7.01. The lowest BCUT2D eigenvalue weighted by molar-refractivity contribution is -0.140. The van der Waals surface area contributed by atoms with Gasteiger partial charge in [-0.15, -0.1) is 0 Å². The Balaban J connectivity index is 1.81. The Morgan fingerprint density at radius 1 is 0.867 bits per heavy atom. The van der Waals surface area contributed by atoms with E-state index in [9.17, 15) is 22.4 Å². The first-order chi connectivity index (χ1) is 21.2. The van der Waals surface area contributed by atoms with Crippen LogP contribution in [0, 0.1) is 12.7 Å². The summed E-state index contributed by atoms with van der Waals surface area (Å²) in [6.07, 6.45) is 0.198. The molecule has 0 aliphatic carbocycles. The normalized spacial score (nSPS) is 12.3. The van der Waals surface area contributed by atoms with E-state index in [1.54, 1.807) is 12.1 Å². The number of anilines is 1. The van der Waals surface area contributed by atoms with Gasteiger partial charge in [0.2, 0.25) is 11.8 Å². The van der Waals surface area contributed by atoms with Crippen LogP contribution in [0.4, 0.5) is 10.1 Å². The van der Waals surface area contributed by atoms with Crippen LogP contribution in [0.5, 0.6) is 0 Å². The summed E-state index contributed by atoms with van der Waals surface area (Å²) in [5.74, 6) is -1.51. The van der Waals surface area contributed by atoms with Crippen molar-refractivity contribution in [2.24, 2.45) is 0 Å². The lowest BCUT2D eigenvalue weighted by Crippen LogP contribution is -2.56. The van der Waals surface area contributed by atoms with Gasteiger partial charge < -0.3 is 10.2 Å². The number of carbonyl (C=O) groups is 2. The molecule has 2 amide bonds. The molecule has 1 N–H and O–H groups in total. The van der Waals surface area contributed by atoms with Crippen molar-refractivity contribution in [2.75, 3.05) is 10.8 Å². The molecule has 0 heterocycles. The van der Waals surface area contributed by atoms with E-state index in [0.717, 1.165) is 37.6 Å². The van der Waals surface area contributed by atoms with Gasteiger partial charge in [-0.05, 0) is 87.4 Å². The van der Waals surface area contributed by atoms with E-state index in [1.807, 2.05) is 82.3 Å². The van der Waals surface area contributed by atoms with Crippen LogP contribution in [0.3, 0.4) is 0 Å². The molecule has 0 saturated carbocycles. The monoisotopic (exact) mass is 693 g/mol. The highest BCUT2D eigenvalue weighted by atomic mass is 79.9. The number of rotatable bonds is 11. The van der Waals surface area contributed by atoms with Crippen molar-refractivity contribution in [2.45, 2.75) is 57.1 Å². The van der Waals surface area contributed by atoms with Crippen LogP contribution in [-0.4, -0.2) is 43.3 Å². The molecule has 0 aliphatic rings. The molecule has 10 heteroatoms. The Hall–Kier alpha value is -4.02. The molecule has 4 aromatic rings. The van der Waals surface area contributed by atoms with Gasteiger partial charge in [-0.25, -0.2) is 12.8 Å². The summed E-state index contributed by atoms with van der Waals surface area (Å²) >= 11 is 3.48. The van der Waals surface area contributed by atoms with Crippen LogP contribution >= 0.6 is 15.9 Å². The first-order valence-electron chi connectivity index (χ1n) is 14.5. The number of carbonyl (C=O) groups excluding carboxylic acids is 2. The topological polar surface area (TPSA) is 86.8 Å². The molecule has 0 bridgehead atoms. The highest BCUT2D eigenvalue weighted by Crippen LogP contribution is 2.26. The molecule has 0 radical (unpaired) electrons. The number of sulfonamides is 1. The third-order valence-corrected chi connectivity index (χ3v) is 9.30. The minimum atomic E-state index is -4.27. The smallest absolute Gasteiger partial charge is 0.264 e. The van der Waals surface area contributed by atoms with Crippen molar-refractivity contribution in [1.29, 1.82) is 0 Å². The van der Waals surface area contributed by atoms with Crippen LogP contribution in [0.1, 0.15) is 37.5 Å². The quantitative estimate of drug-likeness (QED) is 0.191. The predicted octanol–water partition coefficient (Wildman–Crippen LogP) is 6.65. The average Bonchev–Trinajstić information content (AvgIpc) is 2.98. The van der Waals surface area contributed by atoms with Gasteiger partial charge in [-0.2, -0.15) is 0 Å². The fraction of sp³-hybridized carbons (Fsp3) is 0.257. The van der Waals surface area contributed by atoms with Crippen LogP contribution in [-0.2, 0) is 32.6 Å². The standard InChI is InChI=1S/C35H37BrFN3O4S/c1-25-13-19-31(20-14-25)45(43,44)40(30-17-15-29(37)16-18-30)24-33(41)39(23-27-11-8-12-28(36)21-27)32(34(42)38-35(2,3)4)22-26-9-6-5-7-10-26/h5-21,32H,22-24H2,1-4H3,(H,38,42)/t32-/m0/s1. The minimum Gasteiger partial charge on any atom is -0.350 e. The molecule has 7 nitrogen and oxygen atoms in total. The summed E-state index contributed by atoms with van der Waals surface area (Å²) in [6, 6.07) is 27.0. The van der Waals surface area contributed by atoms with Gasteiger partial charge in [0.15, 0.2) is 0 Å². The summed E-state index contributed by atoms with van der Waals surface area (Å²) in [5.41, 5.74) is 1.97. The van der Waals surface area contributed by atoms with Crippen molar-refractivity contribution in [3.63, 3.8) is 0 Å². The number of benzene rings is 4. The van der Waals surface area contributed by atoms with Crippen molar-refractivity contribution < 1.29 is 22.4 Å². The van der Waals surface area contributed by atoms with Gasteiger partial charge in [-0.3, -0.25) is 13.9 Å². The van der Waals surface area contributed by atoms with Crippen LogP contribution in [0.15, 0.2) is 112 Å². The van der Waals surface area contributed by atoms with Crippen molar-refractivity contribution in [3.8, 4) is 0 Å². The second-order valence-corrected chi connectivity index (χ2v) is 14.7. The van der Waals surface area contributed by atoms with E-state index in [1.165, 1.54) is 29.2 Å². The van der Waals surface area contributed by atoms with E-state index >= 15 is 0 Å². The Labute approximate surface area is 273 Å². The fourth-order valence-corrected chi connectivity index (χ4v) is 6.67. The maximum atomic E-state index is 14.5. The summed E-state index contributed by atoms with van der Waals surface area (Å²) in [4.78, 5) is 29.8. The Morgan fingerprint density at radius 2 is 1.49 bits per heavy atom. The van der Waals surface area contributed by atoms with Gasteiger partial charge in [0.05, 0.1) is 10.6 Å². The minimum absolute atomic E-state index is 0.0184. The van der Waals surface area contributed by atoms with Crippen molar-refractivity contribution >= 4 is 43.5 Å². The molecule has 0 aromatic heterocycles. The summed E-state index contributed by atoms with van der Waals surface area (Å²) in [6.45, 7) is 6.83. The SMILES string of the molecule is Cc1ccc(S(=O)(=O)N(CC(=O)N(Cc2cccc(Br)c2)[C@@H](Cc2ccccc2)C(=O)NC(C)(C)C)c2ccc(F)cc2)cc1. The third kappa shape index (κ3) is 9.25. The molecule has 236 valence electrons. The number of nitrogens with one attached hydrogen (secondary N) is 1. The largest absolute Gasteiger partial charge is 0.350 e. The maximum Gasteiger partial charge on any atom is 0.264 e. The number of halogens is 2. The van der Waals surface area contributed by atoms with Crippen molar-refractivity contribution in [1.82, 2.24) is 10.2 Å². The van der Waals surface area contributed by atoms with Gasteiger partial charge in [-0.1, -0.05) is 76.1 Å². The van der Waals surface area contributed by atoms with Crippen LogP contribution in [0.25, 0.3) is 0 Å². The van der Waals surface area contributed by atoms with E-state index in [2.05, 4.69) is 21.2 Å². The second kappa shape index (κ2) is 14.4. The first-order valence-corrected chi connectivity index (χ1v) is 16.7. The molecular formula is C35H37BrFN3O4S. The number of hydrogen-bond donors (Lipinski definition) is 1. The van der Waals surface area contributed by atoms with Gasteiger partial charge in [0.25, 0.3) is 10.0 Å². The number of hydrogen-bond acceptors (Lipinski definition) is 4. The highest BCUT2D eigenvalue weighted by molar-refractivity contribution is 9.10. The molecule has 0 saturated heterocycles. The molecule has 45 heavy (non-hydrogen) atoms. The Kier molecular flexibility index (Phi) is 10.8. The molecule has 4 rings (SSSR count). The molecule has 1 atom stereocenters. The summed E-state index contributed by atoms with van der Waals surface area (Å²) in [7, 11) is -4.27. The lowest BCUT2D eigenvalue weighted by Gasteiger charge is -2.35. The Bertz CT molecular complexity index is 1730. The van der Waals surface area contributed by atoms with Crippen molar-refractivity contribution in [3.05, 3.63) is 130 Å². The van der Waals surface area contributed by atoms with Gasteiger partial charge >= 0.3 is 0 Å². The predicted molar refractivity (Wildman–Crippen MR) is 179 cm³/mol. The molecule has 4 aromatic carbocycles. The van der Waals surface area contributed by atoms with E-state index in [-0.39, 0.29) is 29.5 Å². The zero-order chi connectivity index (χ0) is 32.8. The summed E-state index contributed by atoms with van der Waals surface area (Å²) < 4.78 is 43.8. The van der Waals surface area contributed by atoms with E-state index < -0.39 is 39.9 Å². The average molecular weight is 695 g/mol. The first kappa shape index (κ1) is 33.9. The van der Waals surface area contributed by atoms with Gasteiger partial charge in [0, 0.05) is 23.0 Å². The zero-order valence-electron chi connectivity index (χ0n) is 25.7. The number of nitrogens with zero attached hydrogens (tertiary/aromatic N) is 2. The van der Waals surface area contributed by atoms with E-state index in [0.29, 0.717) is 0 Å². The maximum absolute atomic E-state index is 14.5. The number of aryl methyl sites for hydroxylation is 1. The molecular weight excluding hydrogens is 657 g/mol. The van der Waals surface area contributed by atoms with Crippen LogP contribution < -0.4 is 9.62 Å². The lowest BCUT2D eigenvalue weighted by atomic mass is 10.0.